The number of fused-ring (bicyclic) bond motifs is 1. The van der Waals surface area contributed by atoms with E-state index in [0.717, 1.165) is 48.5 Å². The third kappa shape index (κ3) is 3.36. The van der Waals surface area contributed by atoms with Gasteiger partial charge in [-0.05, 0) is 75.9 Å². The van der Waals surface area contributed by atoms with Crippen LogP contribution in [0.3, 0.4) is 0 Å². The molecule has 0 saturated carbocycles. The fourth-order valence-corrected chi connectivity index (χ4v) is 4.18. The van der Waals surface area contributed by atoms with Crippen LogP contribution in [0.4, 0.5) is 0 Å². The van der Waals surface area contributed by atoms with E-state index in [9.17, 15) is 4.79 Å². The second-order valence-electron chi connectivity index (χ2n) is 7.49. The predicted molar refractivity (Wildman–Crippen MR) is 101 cm³/mol. The number of nitrogens with zero attached hydrogens (tertiary/aromatic N) is 3. The minimum Gasteiger partial charge on any atom is -0.348 e. The molecule has 136 valence electrons. The maximum atomic E-state index is 12.6. The first kappa shape index (κ1) is 17.2. The van der Waals surface area contributed by atoms with Gasteiger partial charge in [0.15, 0.2) is 0 Å². The summed E-state index contributed by atoms with van der Waals surface area (Å²) in [6.45, 7) is 3.48. The Morgan fingerprint density at radius 3 is 2.92 bits per heavy atom. The average Bonchev–Trinajstić information content (AvgIpc) is 3.28. The lowest BCUT2D eigenvalue weighted by Crippen LogP contribution is -2.26. The molecule has 1 saturated heterocycles. The number of hydrogen-bond donors (Lipinski definition) is 1. The summed E-state index contributed by atoms with van der Waals surface area (Å²) in [6, 6.07) is 6.42. The van der Waals surface area contributed by atoms with E-state index in [2.05, 4.69) is 34.4 Å². The molecule has 1 amide bonds. The molecule has 1 aromatic carbocycles. The monoisotopic (exact) mass is 350 g/mol. The summed E-state index contributed by atoms with van der Waals surface area (Å²) >= 11 is 0. The van der Waals surface area contributed by atoms with Crippen molar-refractivity contribution in [2.24, 2.45) is 0 Å². The van der Waals surface area contributed by atoms with Crippen LogP contribution in [-0.4, -0.2) is 34.4 Å². The van der Waals surface area contributed by atoms with E-state index in [4.69, 9.17) is 4.98 Å². The summed E-state index contributed by atoms with van der Waals surface area (Å²) in [4.78, 5) is 24.0. The first-order chi connectivity index (χ1) is 12.6. The largest absolute Gasteiger partial charge is 0.348 e. The molecule has 5 nitrogen and oxygen atoms in total. The van der Waals surface area contributed by atoms with Crippen LogP contribution in [0.1, 0.15) is 63.9 Å². The molecule has 2 aliphatic rings. The lowest BCUT2D eigenvalue weighted by atomic mass is 10.0. The minimum atomic E-state index is -0.0222. The average molecular weight is 350 g/mol. The van der Waals surface area contributed by atoms with Crippen LogP contribution in [0.2, 0.25) is 0 Å². The summed E-state index contributed by atoms with van der Waals surface area (Å²) in [6.07, 6.45) is 7.58. The minimum absolute atomic E-state index is 0.0222. The Labute approximate surface area is 154 Å². The molecule has 1 aliphatic heterocycles. The molecule has 0 spiro atoms. The molecule has 4 rings (SSSR count). The molecule has 1 aliphatic carbocycles. The zero-order valence-corrected chi connectivity index (χ0v) is 15.6. The fourth-order valence-electron chi connectivity index (χ4n) is 4.18. The van der Waals surface area contributed by atoms with Gasteiger partial charge in [-0.2, -0.15) is 0 Å². The Kier molecular flexibility index (Phi) is 4.72. The molecule has 1 N–H and O–H groups in total. The van der Waals surface area contributed by atoms with Gasteiger partial charge in [0.1, 0.15) is 5.82 Å². The van der Waals surface area contributed by atoms with E-state index < -0.39 is 0 Å². The Balaban J connectivity index is 1.50. The highest BCUT2D eigenvalue weighted by Gasteiger charge is 2.26. The van der Waals surface area contributed by atoms with E-state index >= 15 is 0 Å². The van der Waals surface area contributed by atoms with E-state index in [1.807, 2.05) is 19.2 Å². The zero-order valence-electron chi connectivity index (χ0n) is 15.6. The third-order valence-corrected chi connectivity index (χ3v) is 5.65. The van der Waals surface area contributed by atoms with Gasteiger partial charge < -0.3 is 5.32 Å². The van der Waals surface area contributed by atoms with Gasteiger partial charge in [0.2, 0.25) is 0 Å². The van der Waals surface area contributed by atoms with E-state index in [1.54, 1.807) is 0 Å². The second kappa shape index (κ2) is 7.16. The lowest BCUT2D eigenvalue weighted by Gasteiger charge is -2.21. The number of likely N-dealkylation sites (tertiary alicyclic amines) is 1. The van der Waals surface area contributed by atoms with Crippen LogP contribution in [0.25, 0.3) is 0 Å². The van der Waals surface area contributed by atoms with E-state index in [1.165, 1.54) is 24.0 Å². The van der Waals surface area contributed by atoms with Crippen molar-refractivity contribution in [2.45, 2.75) is 51.6 Å². The first-order valence-electron chi connectivity index (χ1n) is 9.54. The number of carbonyl (C=O) groups excluding carboxylic acids is 1. The Morgan fingerprint density at radius 2 is 2.12 bits per heavy atom. The van der Waals surface area contributed by atoms with Crippen molar-refractivity contribution < 1.29 is 4.79 Å². The van der Waals surface area contributed by atoms with Crippen molar-refractivity contribution in [1.29, 1.82) is 0 Å². The number of amides is 1. The molecule has 5 heteroatoms. The van der Waals surface area contributed by atoms with E-state index in [-0.39, 0.29) is 5.91 Å². The fraction of sp³-hybridized carbons (Fsp3) is 0.476. The predicted octanol–water partition coefficient (Wildman–Crippen LogP) is 2.97. The quantitative estimate of drug-likeness (QED) is 0.921. The molecule has 1 atom stereocenters. The Morgan fingerprint density at radius 1 is 1.27 bits per heavy atom. The van der Waals surface area contributed by atoms with Crippen LogP contribution < -0.4 is 5.32 Å². The third-order valence-electron chi connectivity index (χ3n) is 5.65. The highest BCUT2D eigenvalue weighted by Crippen LogP contribution is 2.31. The lowest BCUT2D eigenvalue weighted by molar-refractivity contribution is 0.0950. The zero-order chi connectivity index (χ0) is 18.1. The Bertz CT molecular complexity index is 833. The first-order valence-corrected chi connectivity index (χ1v) is 9.54. The van der Waals surface area contributed by atoms with Crippen molar-refractivity contribution >= 4 is 5.91 Å². The molecular formula is C21H26N4O. The van der Waals surface area contributed by atoms with Crippen molar-refractivity contribution in [3.8, 4) is 0 Å². The summed E-state index contributed by atoms with van der Waals surface area (Å²) in [5.41, 5.74) is 5.54. The molecular weight excluding hydrogens is 324 g/mol. The van der Waals surface area contributed by atoms with Gasteiger partial charge in [-0.1, -0.05) is 6.07 Å². The van der Waals surface area contributed by atoms with Gasteiger partial charge in [-0.3, -0.25) is 9.69 Å². The highest BCUT2D eigenvalue weighted by molar-refractivity contribution is 5.94. The smallest absolute Gasteiger partial charge is 0.251 e. The summed E-state index contributed by atoms with van der Waals surface area (Å²) < 4.78 is 0. The number of rotatable bonds is 4. The highest BCUT2D eigenvalue weighted by atomic mass is 16.1. The number of hydrogen-bond acceptors (Lipinski definition) is 4. The molecule has 26 heavy (non-hydrogen) atoms. The number of nitrogens with one attached hydrogen (secondary N) is 1. The van der Waals surface area contributed by atoms with Crippen LogP contribution in [0.15, 0.2) is 24.4 Å². The van der Waals surface area contributed by atoms with Crippen molar-refractivity contribution in [3.05, 3.63) is 58.2 Å². The van der Waals surface area contributed by atoms with E-state index in [0.29, 0.717) is 12.6 Å². The van der Waals surface area contributed by atoms with Crippen molar-refractivity contribution in [3.63, 3.8) is 0 Å². The number of aromatic nitrogens is 2. The molecule has 0 radical (unpaired) electrons. The molecule has 0 bridgehead atoms. The van der Waals surface area contributed by atoms with Gasteiger partial charge in [-0.15, -0.1) is 0 Å². The van der Waals surface area contributed by atoms with Gasteiger partial charge in [-0.25, -0.2) is 9.97 Å². The number of carbonyl (C=O) groups is 1. The van der Waals surface area contributed by atoms with Gasteiger partial charge in [0, 0.05) is 23.9 Å². The van der Waals surface area contributed by atoms with Crippen LogP contribution >= 0.6 is 0 Å². The summed E-state index contributed by atoms with van der Waals surface area (Å²) in [7, 11) is 2.14. The molecule has 1 aromatic heterocycles. The van der Waals surface area contributed by atoms with Crippen molar-refractivity contribution in [2.75, 3.05) is 13.6 Å². The molecule has 1 fully saturated rings. The summed E-state index contributed by atoms with van der Waals surface area (Å²) in [5, 5.41) is 3.07. The maximum Gasteiger partial charge on any atom is 0.251 e. The number of benzene rings is 1. The maximum absolute atomic E-state index is 12.6. The number of aryl methyl sites for hydroxylation is 3. The second-order valence-corrected chi connectivity index (χ2v) is 7.49. The molecule has 2 heterocycles. The SMILES string of the molecule is Cc1ncc(CNC(=O)c2ccc3c(c2)CCC3)c([C@H]2CCCN2C)n1. The van der Waals surface area contributed by atoms with Gasteiger partial charge in [0.25, 0.3) is 5.91 Å². The van der Waals surface area contributed by atoms with Crippen LogP contribution in [0.5, 0.6) is 0 Å². The normalized spacial score (nSPS) is 19.5. The summed E-state index contributed by atoms with van der Waals surface area (Å²) in [5.74, 6) is 0.764. The molecule has 2 aromatic rings. The van der Waals surface area contributed by atoms with Crippen molar-refractivity contribution in [1.82, 2.24) is 20.2 Å². The standard InChI is InChI=1S/C21H26N4O/c1-14-22-12-18(20(24-14)19-7-4-10-25(19)2)13-23-21(26)17-9-8-15-5-3-6-16(15)11-17/h8-9,11-12,19H,3-7,10,13H2,1-2H3,(H,23,26)/t19-/m1/s1. The van der Waals surface area contributed by atoms with Gasteiger partial charge in [0.05, 0.1) is 11.7 Å². The molecule has 0 unspecified atom stereocenters. The Hall–Kier alpha value is -2.27. The van der Waals surface area contributed by atoms with Crippen LogP contribution in [-0.2, 0) is 19.4 Å². The van der Waals surface area contributed by atoms with Gasteiger partial charge >= 0.3 is 0 Å². The van der Waals surface area contributed by atoms with Crippen LogP contribution in [0, 0.1) is 6.92 Å². The topological polar surface area (TPSA) is 58.1 Å².